The summed E-state index contributed by atoms with van der Waals surface area (Å²) in [5, 5.41) is 14.7. The van der Waals surface area contributed by atoms with Crippen LogP contribution >= 0.6 is 0 Å². The lowest BCUT2D eigenvalue weighted by atomic mass is 9.79. The zero-order valence-electron chi connectivity index (χ0n) is 35.6. The van der Waals surface area contributed by atoms with Crippen LogP contribution in [0.3, 0.4) is 0 Å². The molecule has 3 aromatic heterocycles. The van der Waals surface area contributed by atoms with E-state index in [-0.39, 0.29) is 22.0 Å². The van der Waals surface area contributed by atoms with E-state index in [1.165, 1.54) is 5.56 Å². The van der Waals surface area contributed by atoms with Crippen LogP contribution in [0, 0.1) is 0 Å². The molecule has 9 aromatic rings. The highest BCUT2D eigenvalue weighted by molar-refractivity contribution is 6.09. The summed E-state index contributed by atoms with van der Waals surface area (Å²) in [6, 6.07) is 51.4. The van der Waals surface area contributed by atoms with Gasteiger partial charge in [-0.2, -0.15) is 0 Å². The highest BCUT2D eigenvalue weighted by atomic mass is 16.3. The molecule has 6 aromatic carbocycles. The third-order valence-corrected chi connectivity index (χ3v) is 11.7. The predicted octanol–water partition coefficient (Wildman–Crippen LogP) is 14.1. The first-order chi connectivity index (χ1) is 28.1. The molecule has 0 atom stereocenters. The van der Waals surface area contributed by atoms with Gasteiger partial charge in [0.25, 0.3) is 0 Å². The Labute approximate surface area is 347 Å². The maximum atomic E-state index is 12.4. The Morgan fingerprint density at radius 1 is 0.475 bits per heavy atom. The van der Waals surface area contributed by atoms with Gasteiger partial charge in [0, 0.05) is 33.2 Å². The molecule has 0 unspecified atom stereocenters. The molecule has 0 amide bonds. The van der Waals surface area contributed by atoms with Gasteiger partial charge in [0.05, 0.1) is 33.5 Å². The molecular weight excluding hydrogens is 721 g/mol. The minimum atomic E-state index is -0.317. The normalized spacial score (nSPS) is 12.6. The Morgan fingerprint density at radius 3 is 1.81 bits per heavy atom. The molecule has 0 spiro atoms. The molecule has 9 rings (SSSR count). The lowest BCUT2D eigenvalue weighted by Crippen LogP contribution is -2.17. The summed E-state index contributed by atoms with van der Waals surface area (Å²) in [5.41, 5.74) is 13.2. The van der Waals surface area contributed by atoms with Crippen molar-refractivity contribution in [2.24, 2.45) is 0 Å². The molecule has 0 aliphatic carbocycles. The summed E-state index contributed by atoms with van der Waals surface area (Å²) >= 11 is 0. The molecule has 3 heterocycles. The third kappa shape index (κ3) is 6.59. The molecule has 0 radical (unpaired) electrons. The Balaban J connectivity index is 1.39. The number of benzene rings is 6. The van der Waals surface area contributed by atoms with Crippen molar-refractivity contribution >= 4 is 33.0 Å². The van der Waals surface area contributed by atoms with E-state index in [0.29, 0.717) is 11.4 Å². The topological polar surface area (TPSA) is 55.9 Å². The fraction of sp³-hybridized carbons (Fsp3) is 0.222. The number of pyridine rings is 1. The first kappa shape index (κ1) is 38.1. The summed E-state index contributed by atoms with van der Waals surface area (Å²) in [7, 11) is 0. The molecular formula is C54H52N4O. The molecule has 5 nitrogen and oxygen atoms in total. The van der Waals surface area contributed by atoms with E-state index in [4.69, 9.17) is 9.97 Å². The van der Waals surface area contributed by atoms with E-state index in [1.807, 2.05) is 6.07 Å². The van der Waals surface area contributed by atoms with E-state index in [2.05, 4.69) is 211 Å². The lowest BCUT2D eigenvalue weighted by molar-refractivity contribution is 0.446. The fourth-order valence-electron chi connectivity index (χ4n) is 8.41. The molecule has 0 fully saturated rings. The highest BCUT2D eigenvalue weighted by Gasteiger charge is 2.30. The highest BCUT2D eigenvalue weighted by Crippen LogP contribution is 2.46. The number of phenolic OH excluding ortho intramolecular Hbond substituents is 1. The molecule has 1 N–H and O–H groups in total. The number of nitrogens with zero attached hydrogens (tertiary/aromatic N) is 4. The maximum absolute atomic E-state index is 12.4. The molecule has 59 heavy (non-hydrogen) atoms. The SMILES string of the molecule is CC(C)(C)c1ccc(-n2c(-c3cc(C(C)(C)C)cc(C(C)(C)C)c3O)nc3c(-c4ccc5c6ccccc6n(-c6ccccc6)c5n4)cccc32)c(-c2ccccc2)c1. The number of para-hydroxylation sites is 3. The van der Waals surface area contributed by atoms with Crippen LogP contribution in [0.2, 0.25) is 0 Å². The zero-order chi connectivity index (χ0) is 41.4. The van der Waals surface area contributed by atoms with Crippen molar-refractivity contribution in [1.82, 2.24) is 19.1 Å². The lowest BCUT2D eigenvalue weighted by Gasteiger charge is -2.28. The molecule has 0 saturated carbocycles. The van der Waals surface area contributed by atoms with Crippen LogP contribution in [0.15, 0.2) is 146 Å². The first-order valence-electron chi connectivity index (χ1n) is 20.7. The van der Waals surface area contributed by atoms with Gasteiger partial charge in [0.1, 0.15) is 17.2 Å². The number of hydrogen-bond donors (Lipinski definition) is 1. The van der Waals surface area contributed by atoms with Crippen molar-refractivity contribution in [1.29, 1.82) is 0 Å². The minimum Gasteiger partial charge on any atom is -0.507 e. The second kappa shape index (κ2) is 13.8. The van der Waals surface area contributed by atoms with E-state index >= 15 is 0 Å². The smallest absolute Gasteiger partial charge is 0.149 e. The number of aromatic hydroxyl groups is 1. The van der Waals surface area contributed by atoms with E-state index < -0.39 is 0 Å². The van der Waals surface area contributed by atoms with Gasteiger partial charge in [-0.25, -0.2) is 9.97 Å². The molecule has 0 aliphatic heterocycles. The van der Waals surface area contributed by atoms with Gasteiger partial charge in [-0.15, -0.1) is 0 Å². The van der Waals surface area contributed by atoms with E-state index in [9.17, 15) is 5.11 Å². The first-order valence-corrected chi connectivity index (χ1v) is 20.7. The number of imidazole rings is 1. The average molecular weight is 773 g/mol. The number of rotatable bonds is 5. The zero-order valence-corrected chi connectivity index (χ0v) is 35.6. The number of fused-ring (bicyclic) bond motifs is 4. The molecule has 0 bridgehead atoms. The van der Waals surface area contributed by atoms with Crippen LogP contribution in [-0.2, 0) is 16.2 Å². The maximum Gasteiger partial charge on any atom is 0.149 e. The second-order valence-corrected chi connectivity index (χ2v) is 19.0. The Bertz CT molecular complexity index is 3040. The summed E-state index contributed by atoms with van der Waals surface area (Å²) in [5.74, 6) is 0.935. The van der Waals surface area contributed by atoms with Crippen molar-refractivity contribution in [2.75, 3.05) is 0 Å². The Kier molecular flexibility index (Phi) is 8.93. The van der Waals surface area contributed by atoms with Gasteiger partial charge in [-0.1, -0.05) is 153 Å². The van der Waals surface area contributed by atoms with Gasteiger partial charge in [0.2, 0.25) is 0 Å². The minimum absolute atomic E-state index is 0.0670. The summed E-state index contributed by atoms with van der Waals surface area (Å²) in [4.78, 5) is 11.1. The second-order valence-electron chi connectivity index (χ2n) is 19.0. The van der Waals surface area contributed by atoms with E-state index in [0.717, 1.165) is 77.9 Å². The Morgan fingerprint density at radius 2 is 1.12 bits per heavy atom. The fourth-order valence-corrected chi connectivity index (χ4v) is 8.41. The average Bonchev–Trinajstić information content (AvgIpc) is 3.76. The quantitative estimate of drug-likeness (QED) is 0.190. The van der Waals surface area contributed by atoms with Gasteiger partial charge in [-0.3, -0.25) is 9.13 Å². The number of phenols is 1. The van der Waals surface area contributed by atoms with Crippen molar-refractivity contribution in [3.63, 3.8) is 0 Å². The van der Waals surface area contributed by atoms with Crippen LogP contribution in [-0.4, -0.2) is 24.2 Å². The number of hydrogen-bond acceptors (Lipinski definition) is 3. The van der Waals surface area contributed by atoms with Gasteiger partial charge in [0.15, 0.2) is 0 Å². The monoisotopic (exact) mass is 772 g/mol. The van der Waals surface area contributed by atoms with Crippen molar-refractivity contribution < 1.29 is 5.11 Å². The van der Waals surface area contributed by atoms with Crippen LogP contribution in [0.1, 0.15) is 79.0 Å². The van der Waals surface area contributed by atoms with Crippen molar-refractivity contribution in [3.8, 4) is 50.9 Å². The van der Waals surface area contributed by atoms with Crippen molar-refractivity contribution in [2.45, 2.75) is 78.6 Å². The van der Waals surface area contributed by atoms with Crippen molar-refractivity contribution in [3.05, 3.63) is 162 Å². The standard InChI is InChI=1S/C54H52N4O/c1-52(2,3)35-27-30-46(41(31-35)34-19-12-10-13-20-34)58-47-26-18-24-40(48(47)56-51(58)42-32-36(53(4,5)6)33-43(49(42)59)54(7,8)9)44-29-28-39-38-23-16-17-25-45(38)57(50(39)55-44)37-21-14-11-15-22-37/h10-33,59H,1-9H3. The van der Waals surface area contributed by atoms with Gasteiger partial charge < -0.3 is 5.11 Å². The summed E-state index contributed by atoms with van der Waals surface area (Å²) in [6.07, 6.45) is 0. The molecule has 294 valence electrons. The Hall–Kier alpha value is -6.46. The van der Waals surface area contributed by atoms with Gasteiger partial charge in [-0.05, 0) is 87.5 Å². The van der Waals surface area contributed by atoms with Crippen LogP contribution < -0.4 is 0 Å². The summed E-state index contributed by atoms with van der Waals surface area (Å²) in [6.45, 7) is 19.9. The van der Waals surface area contributed by atoms with E-state index in [1.54, 1.807) is 0 Å². The predicted molar refractivity (Wildman–Crippen MR) is 247 cm³/mol. The largest absolute Gasteiger partial charge is 0.507 e. The molecule has 0 aliphatic rings. The van der Waals surface area contributed by atoms with Crippen LogP contribution in [0.4, 0.5) is 0 Å². The number of aromatic nitrogens is 4. The van der Waals surface area contributed by atoms with Gasteiger partial charge >= 0.3 is 0 Å². The third-order valence-electron chi connectivity index (χ3n) is 11.7. The summed E-state index contributed by atoms with van der Waals surface area (Å²) < 4.78 is 4.52. The molecule has 0 saturated heterocycles. The molecule has 5 heteroatoms. The van der Waals surface area contributed by atoms with Crippen LogP contribution in [0.5, 0.6) is 5.75 Å². The van der Waals surface area contributed by atoms with Crippen LogP contribution in [0.25, 0.3) is 78.1 Å².